The Morgan fingerprint density at radius 1 is 1.11 bits per heavy atom. The Morgan fingerprint density at radius 3 is 2.26 bits per heavy atom. The number of anilines is 1. The molecule has 0 unspecified atom stereocenters. The number of hydrogen-bond acceptors (Lipinski definition) is 5. The first-order valence-corrected chi connectivity index (χ1v) is 8.27. The van der Waals surface area contributed by atoms with Gasteiger partial charge in [-0.05, 0) is 45.8 Å². The molecule has 0 amide bonds. The van der Waals surface area contributed by atoms with Crippen molar-refractivity contribution < 1.29 is 18.1 Å². The Kier molecular flexibility index (Phi) is 5.13. The molecule has 0 atom stereocenters. The van der Waals surface area contributed by atoms with E-state index in [-0.39, 0.29) is 16.7 Å². The summed E-state index contributed by atoms with van der Waals surface area (Å²) in [5.74, 6) is 0. The van der Waals surface area contributed by atoms with Gasteiger partial charge in [0.05, 0.1) is 27.2 Å². The maximum absolute atomic E-state index is 12.7. The van der Waals surface area contributed by atoms with Gasteiger partial charge in [-0.15, -0.1) is 10.2 Å². The largest absolute Gasteiger partial charge is 0.416 e. The number of nitro groups is 1. The van der Waals surface area contributed by atoms with E-state index in [1.54, 1.807) is 11.1 Å². The van der Waals surface area contributed by atoms with Crippen molar-refractivity contribution in [1.82, 2.24) is 14.9 Å². The second kappa shape index (κ2) is 7.35. The van der Waals surface area contributed by atoms with Gasteiger partial charge in [0.2, 0.25) is 0 Å². The molecule has 0 saturated carbocycles. The standard InChI is InChI=1S/C16H11BrF3N5O2/c17-14-7-13(5-6-15(14)25(26)27)24(23-9-21-22-10-23)8-11-1-3-12(4-2-11)16(18,19)20/h1-7,9-10H,8H2. The van der Waals surface area contributed by atoms with E-state index in [1.165, 1.54) is 41.6 Å². The maximum Gasteiger partial charge on any atom is 0.416 e. The second-order valence-electron chi connectivity index (χ2n) is 5.49. The predicted octanol–water partition coefficient (Wildman–Crippen LogP) is 4.44. The number of benzene rings is 2. The summed E-state index contributed by atoms with van der Waals surface area (Å²) in [6, 6.07) is 9.18. The zero-order chi connectivity index (χ0) is 19.6. The van der Waals surface area contributed by atoms with Gasteiger partial charge in [0.25, 0.3) is 5.69 Å². The van der Waals surface area contributed by atoms with Gasteiger partial charge < -0.3 is 0 Å². The molecule has 0 spiro atoms. The van der Waals surface area contributed by atoms with Gasteiger partial charge in [-0.25, -0.2) is 4.68 Å². The van der Waals surface area contributed by atoms with E-state index in [0.717, 1.165) is 12.1 Å². The third-order valence-corrected chi connectivity index (χ3v) is 4.36. The van der Waals surface area contributed by atoms with Crippen molar-refractivity contribution in [2.75, 3.05) is 5.01 Å². The van der Waals surface area contributed by atoms with E-state index in [0.29, 0.717) is 11.3 Å². The van der Waals surface area contributed by atoms with E-state index in [4.69, 9.17) is 0 Å². The SMILES string of the molecule is O=[N+]([O-])c1ccc(N(Cc2ccc(C(F)(F)F)cc2)n2cnnc2)cc1Br. The Labute approximate surface area is 159 Å². The van der Waals surface area contributed by atoms with Gasteiger partial charge in [-0.1, -0.05) is 12.1 Å². The molecule has 0 N–H and O–H groups in total. The fraction of sp³-hybridized carbons (Fsp3) is 0.125. The molecule has 0 radical (unpaired) electrons. The molecule has 1 aromatic heterocycles. The van der Waals surface area contributed by atoms with Gasteiger partial charge in [0, 0.05) is 6.07 Å². The molecule has 27 heavy (non-hydrogen) atoms. The van der Waals surface area contributed by atoms with Crippen LogP contribution in [-0.2, 0) is 12.7 Å². The minimum Gasteiger partial charge on any atom is -0.274 e. The number of alkyl halides is 3. The quantitative estimate of drug-likeness (QED) is 0.432. The number of aromatic nitrogens is 3. The molecular formula is C16H11BrF3N5O2. The molecule has 0 saturated heterocycles. The Bertz CT molecular complexity index is 946. The summed E-state index contributed by atoms with van der Waals surface area (Å²) >= 11 is 3.16. The topological polar surface area (TPSA) is 77.1 Å². The zero-order valence-corrected chi connectivity index (χ0v) is 15.1. The van der Waals surface area contributed by atoms with Gasteiger partial charge in [0.1, 0.15) is 12.7 Å². The van der Waals surface area contributed by atoms with Crippen LogP contribution in [0.1, 0.15) is 11.1 Å². The molecule has 7 nitrogen and oxygen atoms in total. The van der Waals surface area contributed by atoms with E-state index < -0.39 is 16.7 Å². The van der Waals surface area contributed by atoms with Crippen LogP contribution < -0.4 is 5.01 Å². The van der Waals surface area contributed by atoms with Crippen molar-refractivity contribution in [2.24, 2.45) is 0 Å². The molecule has 3 aromatic rings. The highest BCUT2D eigenvalue weighted by Crippen LogP contribution is 2.32. The molecule has 140 valence electrons. The molecule has 11 heteroatoms. The Morgan fingerprint density at radius 2 is 1.74 bits per heavy atom. The summed E-state index contributed by atoms with van der Waals surface area (Å²) in [5.41, 5.74) is 0.329. The zero-order valence-electron chi connectivity index (χ0n) is 13.5. The predicted molar refractivity (Wildman–Crippen MR) is 93.8 cm³/mol. The van der Waals surface area contributed by atoms with E-state index in [1.807, 2.05) is 0 Å². The lowest BCUT2D eigenvalue weighted by Crippen LogP contribution is -2.28. The van der Waals surface area contributed by atoms with Crippen LogP contribution in [0.15, 0.2) is 59.6 Å². The molecule has 3 rings (SSSR count). The third-order valence-electron chi connectivity index (χ3n) is 3.72. The van der Waals surface area contributed by atoms with Crippen molar-refractivity contribution in [2.45, 2.75) is 12.7 Å². The van der Waals surface area contributed by atoms with Crippen LogP contribution in [0.25, 0.3) is 0 Å². The first-order chi connectivity index (χ1) is 12.8. The summed E-state index contributed by atoms with van der Waals surface area (Å²) in [4.78, 5) is 10.5. The van der Waals surface area contributed by atoms with E-state index >= 15 is 0 Å². The average Bonchev–Trinajstić information content (AvgIpc) is 3.13. The smallest absolute Gasteiger partial charge is 0.274 e. The van der Waals surface area contributed by atoms with Crippen LogP contribution >= 0.6 is 15.9 Å². The van der Waals surface area contributed by atoms with Crippen molar-refractivity contribution in [3.63, 3.8) is 0 Å². The number of hydrogen-bond donors (Lipinski definition) is 0. The number of nitro benzene ring substituents is 1. The van der Waals surface area contributed by atoms with Crippen LogP contribution in [0.4, 0.5) is 24.5 Å². The number of halogens is 4. The number of nitrogens with zero attached hydrogens (tertiary/aromatic N) is 5. The van der Waals surface area contributed by atoms with Crippen molar-refractivity contribution in [1.29, 1.82) is 0 Å². The third kappa shape index (κ3) is 4.25. The lowest BCUT2D eigenvalue weighted by Gasteiger charge is -2.25. The highest BCUT2D eigenvalue weighted by Gasteiger charge is 2.30. The summed E-state index contributed by atoms with van der Waals surface area (Å²) in [5, 5.41) is 20.1. The fourth-order valence-corrected chi connectivity index (χ4v) is 2.91. The molecule has 0 bridgehead atoms. The lowest BCUT2D eigenvalue weighted by atomic mass is 10.1. The molecule has 0 aliphatic carbocycles. The first kappa shape index (κ1) is 18.8. The summed E-state index contributed by atoms with van der Waals surface area (Å²) in [6.07, 6.45) is -1.57. The van der Waals surface area contributed by atoms with Crippen molar-refractivity contribution in [3.05, 3.63) is 80.8 Å². The van der Waals surface area contributed by atoms with Gasteiger partial charge in [-0.3, -0.25) is 15.1 Å². The molecular weight excluding hydrogens is 431 g/mol. The van der Waals surface area contributed by atoms with Gasteiger partial charge in [0.15, 0.2) is 0 Å². The summed E-state index contributed by atoms with van der Waals surface area (Å²) < 4.78 is 40.0. The van der Waals surface area contributed by atoms with Crippen molar-refractivity contribution >= 4 is 27.3 Å². The van der Waals surface area contributed by atoms with Crippen LogP contribution in [0, 0.1) is 10.1 Å². The Hall–Kier alpha value is -2.95. The molecule has 2 aromatic carbocycles. The number of rotatable bonds is 5. The van der Waals surface area contributed by atoms with Crippen LogP contribution in [0.2, 0.25) is 0 Å². The molecule has 0 fully saturated rings. The van der Waals surface area contributed by atoms with Gasteiger partial charge >= 0.3 is 6.18 Å². The highest BCUT2D eigenvalue weighted by molar-refractivity contribution is 9.10. The van der Waals surface area contributed by atoms with Crippen molar-refractivity contribution in [3.8, 4) is 0 Å². The summed E-state index contributed by atoms with van der Waals surface area (Å²) in [7, 11) is 0. The van der Waals surface area contributed by atoms with E-state index in [2.05, 4.69) is 26.1 Å². The minimum atomic E-state index is -4.41. The maximum atomic E-state index is 12.7. The van der Waals surface area contributed by atoms with Crippen LogP contribution in [0.5, 0.6) is 0 Å². The van der Waals surface area contributed by atoms with E-state index in [9.17, 15) is 23.3 Å². The summed E-state index contributed by atoms with van der Waals surface area (Å²) in [6.45, 7) is 0.195. The molecule has 1 heterocycles. The highest BCUT2D eigenvalue weighted by atomic mass is 79.9. The van der Waals surface area contributed by atoms with Crippen LogP contribution in [0.3, 0.4) is 0 Å². The molecule has 0 aliphatic rings. The minimum absolute atomic E-state index is 0.100. The monoisotopic (exact) mass is 441 g/mol. The molecule has 0 aliphatic heterocycles. The van der Waals surface area contributed by atoms with Crippen LogP contribution in [-0.4, -0.2) is 19.8 Å². The normalized spacial score (nSPS) is 11.4. The van der Waals surface area contributed by atoms with Gasteiger partial charge in [-0.2, -0.15) is 13.2 Å². The average molecular weight is 442 g/mol. The first-order valence-electron chi connectivity index (χ1n) is 7.48. The Balaban J connectivity index is 1.94. The fourth-order valence-electron chi connectivity index (χ4n) is 2.40. The lowest BCUT2D eigenvalue weighted by molar-refractivity contribution is -0.385. The second-order valence-corrected chi connectivity index (χ2v) is 6.34.